The molecule has 0 saturated heterocycles. The Balaban J connectivity index is 1.81. The maximum atomic E-state index is 11.3. The number of amides is 1. The Hall–Kier alpha value is -1.69. The normalized spacial score (nSPS) is 13.4. The first-order valence-corrected chi connectivity index (χ1v) is 8.19. The summed E-state index contributed by atoms with van der Waals surface area (Å²) in [5.41, 5.74) is 1.45. The van der Waals surface area contributed by atoms with Gasteiger partial charge in [0.05, 0.1) is 5.39 Å². The summed E-state index contributed by atoms with van der Waals surface area (Å²) in [5.74, 6) is 1.10. The highest BCUT2D eigenvalue weighted by Gasteiger charge is 2.22. The van der Waals surface area contributed by atoms with Crippen molar-refractivity contribution >= 4 is 33.3 Å². The van der Waals surface area contributed by atoms with E-state index in [1.54, 1.807) is 13.4 Å². The Labute approximate surface area is 128 Å². The van der Waals surface area contributed by atoms with Crippen molar-refractivity contribution in [1.29, 1.82) is 0 Å². The van der Waals surface area contributed by atoms with Crippen LogP contribution in [0.4, 0.5) is 5.82 Å². The molecule has 2 aromatic heterocycles. The zero-order chi connectivity index (χ0) is 14.8. The molecule has 1 amide bonds. The average Bonchev–Trinajstić information content (AvgIpc) is 3.06. The molecule has 1 N–H and O–H groups in total. The molecule has 1 aliphatic carbocycles. The van der Waals surface area contributed by atoms with Gasteiger partial charge in [-0.2, -0.15) is 0 Å². The molecule has 112 valence electrons. The van der Waals surface area contributed by atoms with E-state index in [2.05, 4.69) is 20.2 Å². The highest BCUT2D eigenvalue weighted by Crippen LogP contribution is 2.39. The van der Waals surface area contributed by atoms with Gasteiger partial charge in [-0.3, -0.25) is 4.79 Å². The van der Waals surface area contributed by atoms with E-state index in [-0.39, 0.29) is 5.91 Å². The second-order valence-electron chi connectivity index (χ2n) is 5.43. The molecule has 2 heterocycles. The standard InChI is InChI=1S/C15H20N4OS/c1-16-12(20)7-4-8-19(2)14-13-10-5-3-6-11(10)21-15(13)18-9-17-14/h9H,3-8H2,1-2H3,(H,16,20). The van der Waals surface area contributed by atoms with Gasteiger partial charge >= 0.3 is 0 Å². The van der Waals surface area contributed by atoms with Gasteiger partial charge < -0.3 is 10.2 Å². The van der Waals surface area contributed by atoms with Gasteiger partial charge in [0.15, 0.2) is 0 Å². The number of nitrogens with one attached hydrogen (secondary N) is 1. The lowest BCUT2D eigenvalue weighted by atomic mass is 10.2. The molecule has 0 radical (unpaired) electrons. The highest BCUT2D eigenvalue weighted by molar-refractivity contribution is 7.19. The van der Waals surface area contributed by atoms with Crippen LogP contribution in [0.5, 0.6) is 0 Å². The molecule has 0 fully saturated rings. The van der Waals surface area contributed by atoms with Crippen molar-refractivity contribution in [1.82, 2.24) is 15.3 Å². The molecule has 2 aromatic rings. The van der Waals surface area contributed by atoms with Crippen LogP contribution in [0.1, 0.15) is 29.7 Å². The summed E-state index contributed by atoms with van der Waals surface area (Å²) in [4.78, 5) is 25.0. The highest BCUT2D eigenvalue weighted by atomic mass is 32.1. The van der Waals surface area contributed by atoms with Crippen molar-refractivity contribution in [3.63, 3.8) is 0 Å². The largest absolute Gasteiger partial charge is 0.359 e. The molecule has 21 heavy (non-hydrogen) atoms. The van der Waals surface area contributed by atoms with Crippen LogP contribution >= 0.6 is 11.3 Å². The summed E-state index contributed by atoms with van der Waals surface area (Å²) in [6.45, 7) is 0.824. The average molecular weight is 304 g/mol. The van der Waals surface area contributed by atoms with E-state index in [1.165, 1.54) is 28.7 Å². The maximum absolute atomic E-state index is 11.3. The van der Waals surface area contributed by atoms with Crippen LogP contribution in [0, 0.1) is 0 Å². The zero-order valence-electron chi connectivity index (χ0n) is 12.5. The molecule has 0 atom stereocenters. The second-order valence-corrected chi connectivity index (χ2v) is 6.52. The third-order valence-electron chi connectivity index (χ3n) is 4.02. The van der Waals surface area contributed by atoms with Crippen LogP contribution in [0.2, 0.25) is 0 Å². The topological polar surface area (TPSA) is 58.1 Å². The molecule has 0 aromatic carbocycles. The predicted octanol–water partition coefficient (Wildman–Crippen LogP) is 2.14. The molecule has 0 bridgehead atoms. The maximum Gasteiger partial charge on any atom is 0.219 e. The van der Waals surface area contributed by atoms with Gasteiger partial charge in [0.25, 0.3) is 0 Å². The number of aromatic nitrogens is 2. The minimum absolute atomic E-state index is 0.0904. The first-order chi connectivity index (χ1) is 10.2. The molecule has 6 heteroatoms. The van der Waals surface area contributed by atoms with Gasteiger partial charge in [-0.25, -0.2) is 9.97 Å². The number of carbonyl (C=O) groups excluding carboxylic acids is 1. The van der Waals surface area contributed by atoms with E-state index in [0.29, 0.717) is 6.42 Å². The van der Waals surface area contributed by atoms with E-state index in [9.17, 15) is 4.79 Å². The molecule has 3 rings (SSSR count). The van der Waals surface area contributed by atoms with Gasteiger partial charge in [-0.1, -0.05) is 0 Å². The van der Waals surface area contributed by atoms with Crippen molar-refractivity contribution in [3.8, 4) is 0 Å². The zero-order valence-corrected chi connectivity index (χ0v) is 13.3. The number of carbonyl (C=O) groups is 1. The summed E-state index contributed by atoms with van der Waals surface area (Å²) in [5, 5.41) is 3.89. The van der Waals surface area contributed by atoms with E-state index in [0.717, 1.165) is 30.0 Å². The van der Waals surface area contributed by atoms with Crippen LogP contribution in [0.25, 0.3) is 10.2 Å². The van der Waals surface area contributed by atoms with Gasteiger partial charge in [0.1, 0.15) is 17.0 Å². The van der Waals surface area contributed by atoms with E-state index >= 15 is 0 Å². The van der Waals surface area contributed by atoms with Crippen LogP contribution in [0.3, 0.4) is 0 Å². The van der Waals surface area contributed by atoms with Gasteiger partial charge in [0.2, 0.25) is 5.91 Å². The van der Waals surface area contributed by atoms with Crippen LogP contribution in [0.15, 0.2) is 6.33 Å². The Bertz CT molecular complexity index is 667. The molecule has 5 nitrogen and oxygen atoms in total. The smallest absolute Gasteiger partial charge is 0.219 e. The summed E-state index contributed by atoms with van der Waals surface area (Å²) < 4.78 is 0. The molecule has 0 spiro atoms. The second kappa shape index (κ2) is 5.97. The quantitative estimate of drug-likeness (QED) is 0.919. The summed E-state index contributed by atoms with van der Waals surface area (Å²) >= 11 is 1.81. The number of hydrogen-bond acceptors (Lipinski definition) is 5. The van der Waals surface area contributed by atoms with Crippen LogP contribution < -0.4 is 10.2 Å². The summed E-state index contributed by atoms with van der Waals surface area (Å²) in [7, 11) is 3.72. The lowest BCUT2D eigenvalue weighted by Crippen LogP contribution is -2.23. The fourth-order valence-electron chi connectivity index (χ4n) is 2.91. The molecule has 0 saturated carbocycles. The number of thiophene rings is 1. The Morgan fingerprint density at radius 2 is 2.29 bits per heavy atom. The predicted molar refractivity (Wildman–Crippen MR) is 86.0 cm³/mol. The number of anilines is 1. The van der Waals surface area contributed by atoms with Crippen LogP contribution in [-0.4, -0.2) is 36.5 Å². The number of fused-ring (bicyclic) bond motifs is 3. The molecule has 0 aliphatic heterocycles. The Morgan fingerprint density at radius 3 is 3.10 bits per heavy atom. The number of rotatable bonds is 5. The summed E-state index contributed by atoms with van der Waals surface area (Å²) in [6, 6.07) is 0. The van der Waals surface area contributed by atoms with E-state index in [4.69, 9.17) is 0 Å². The SMILES string of the molecule is CNC(=O)CCCN(C)c1ncnc2sc3c(c12)CCC3. The van der Waals surface area contributed by atoms with Gasteiger partial charge in [-0.05, 0) is 31.2 Å². The van der Waals surface area contributed by atoms with E-state index in [1.807, 2.05) is 18.4 Å². The lowest BCUT2D eigenvalue weighted by Gasteiger charge is -2.19. The first kappa shape index (κ1) is 14.3. The number of nitrogens with zero attached hydrogens (tertiary/aromatic N) is 3. The number of aryl methyl sites for hydroxylation is 2. The monoisotopic (exact) mass is 304 g/mol. The fraction of sp³-hybridized carbons (Fsp3) is 0.533. The minimum atomic E-state index is 0.0904. The van der Waals surface area contributed by atoms with Crippen molar-refractivity contribution in [2.75, 3.05) is 25.5 Å². The van der Waals surface area contributed by atoms with Crippen molar-refractivity contribution in [2.45, 2.75) is 32.1 Å². The van der Waals surface area contributed by atoms with Crippen molar-refractivity contribution in [2.24, 2.45) is 0 Å². The van der Waals surface area contributed by atoms with E-state index < -0.39 is 0 Å². The first-order valence-electron chi connectivity index (χ1n) is 7.37. The lowest BCUT2D eigenvalue weighted by molar-refractivity contribution is -0.120. The fourth-order valence-corrected chi connectivity index (χ4v) is 4.13. The van der Waals surface area contributed by atoms with Gasteiger partial charge in [-0.15, -0.1) is 11.3 Å². The van der Waals surface area contributed by atoms with Gasteiger partial charge in [0, 0.05) is 31.9 Å². The molecule has 1 aliphatic rings. The Morgan fingerprint density at radius 1 is 1.43 bits per heavy atom. The van der Waals surface area contributed by atoms with Crippen LogP contribution in [-0.2, 0) is 17.6 Å². The summed E-state index contributed by atoms with van der Waals surface area (Å²) in [6.07, 6.45) is 6.59. The minimum Gasteiger partial charge on any atom is -0.359 e. The Kier molecular flexibility index (Phi) is 4.05. The molecule has 0 unspecified atom stereocenters. The van der Waals surface area contributed by atoms with Crippen molar-refractivity contribution in [3.05, 3.63) is 16.8 Å². The molecular formula is C15H20N4OS. The molecular weight excluding hydrogens is 284 g/mol. The number of hydrogen-bond donors (Lipinski definition) is 1. The third kappa shape index (κ3) is 2.72. The van der Waals surface area contributed by atoms with Crippen molar-refractivity contribution < 1.29 is 4.79 Å². The third-order valence-corrected chi connectivity index (χ3v) is 5.22.